The van der Waals surface area contributed by atoms with Crippen LogP contribution in [-0.4, -0.2) is 14.8 Å². The monoisotopic (exact) mass is 427 g/mol. The molecule has 1 aromatic heterocycles. The van der Waals surface area contributed by atoms with Crippen molar-refractivity contribution >= 4 is 34.1 Å². The fraction of sp³-hybridized carbons (Fsp3) is 0.0400. The lowest BCUT2D eigenvalue weighted by Gasteiger charge is -2.10. The minimum Gasteiger partial charge on any atom is -0.270 e. The largest absolute Gasteiger partial charge is 0.270 e. The van der Waals surface area contributed by atoms with Gasteiger partial charge in [0.2, 0.25) is 0 Å². The molecule has 0 saturated heterocycles. The minimum absolute atomic E-state index is 0.704. The minimum atomic E-state index is 0.704. The molecule has 0 amide bonds. The zero-order chi connectivity index (χ0) is 20.3. The Kier molecular flexibility index (Phi) is 5.26. The number of rotatable bonds is 5. The molecular weight excluding hydrogens is 410 g/mol. The van der Waals surface area contributed by atoms with Crippen LogP contribution in [0.25, 0.3) is 27.8 Å². The van der Waals surface area contributed by atoms with Crippen molar-refractivity contribution in [1.29, 1.82) is 0 Å². The van der Waals surface area contributed by atoms with Crippen molar-refractivity contribution in [2.24, 2.45) is 0 Å². The van der Waals surface area contributed by atoms with Crippen LogP contribution in [0, 0.1) is 0 Å². The molecule has 1 heterocycles. The van der Waals surface area contributed by atoms with Crippen LogP contribution in [0.15, 0.2) is 102 Å². The van der Waals surface area contributed by atoms with Gasteiger partial charge in [-0.05, 0) is 52.7 Å². The van der Waals surface area contributed by atoms with E-state index in [4.69, 9.17) is 11.6 Å². The first-order valence-corrected chi connectivity index (χ1v) is 11.0. The zero-order valence-corrected chi connectivity index (χ0v) is 17.6. The van der Waals surface area contributed by atoms with Gasteiger partial charge < -0.3 is 0 Å². The molecule has 146 valence electrons. The maximum Gasteiger partial charge on any atom is 0.196 e. The Labute approximate surface area is 184 Å². The maximum atomic E-state index is 6.07. The predicted molar refractivity (Wildman–Crippen MR) is 125 cm³/mol. The Hall–Kier alpha value is -3.08. The smallest absolute Gasteiger partial charge is 0.196 e. The third-order valence-electron chi connectivity index (χ3n) is 4.93. The Morgan fingerprint density at radius 2 is 1.47 bits per heavy atom. The fourth-order valence-electron chi connectivity index (χ4n) is 3.44. The Bertz CT molecular complexity index is 1300. The zero-order valence-electron chi connectivity index (χ0n) is 16.1. The van der Waals surface area contributed by atoms with Gasteiger partial charge in [0, 0.05) is 22.0 Å². The third-order valence-corrected chi connectivity index (χ3v) is 6.18. The molecule has 0 aliphatic heterocycles. The molecule has 4 aromatic carbocycles. The van der Waals surface area contributed by atoms with E-state index in [1.165, 1.54) is 16.3 Å². The number of thioether (sulfide) groups is 1. The molecule has 0 atom stereocenters. The van der Waals surface area contributed by atoms with Crippen molar-refractivity contribution in [1.82, 2.24) is 14.8 Å². The highest BCUT2D eigenvalue weighted by atomic mass is 35.5. The van der Waals surface area contributed by atoms with Crippen LogP contribution in [0.1, 0.15) is 5.56 Å². The SMILES string of the molecule is Clc1ccc(-c2nnc(SCc3ccc4ccccc4c3)n2-c2ccccc2)cc1. The molecular formula is C25H18ClN3S. The molecule has 30 heavy (non-hydrogen) atoms. The molecule has 0 aliphatic rings. The molecule has 0 saturated carbocycles. The first-order chi connectivity index (χ1) is 14.8. The summed E-state index contributed by atoms with van der Waals surface area (Å²) in [6.45, 7) is 0. The average Bonchev–Trinajstić information content (AvgIpc) is 3.22. The van der Waals surface area contributed by atoms with E-state index in [2.05, 4.69) is 69.4 Å². The normalized spacial score (nSPS) is 11.1. The highest BCUT2D eigenvalue weighted by Crippen LogP contribution is 2.30. The van der Waals surface area contributed by atoms with Crippen molar-refractivity contribution in [3.05, 3.63) is 108 Å². The first-order valence-electron chi connectivity index (χ1n) is 9.65. The van der Waals surface area contributed by atoms with E-state index in [0.29, 0.717) is 5.02 Å². The van der Waals surface area contributed by atoms with Crippen LogP contribution in [0.3, 0.4) is 0 Å². The van der Waals surface area contributed by atoms with Gasteiger partial charge in [0.05, 0.1) is 0 Å². The average molecular weight is 428 g/mol. The van der Waals surface area contributed by atoms with Crippen molar-refractivity contribution in [3.63, 3.8) is 0 Å². The highest BCUT2D eigenvalue weighted by molar-refractivity contribution is 7.98. The second-order valence-electron chi connectivity index (χ2n) is 6.95. The summed E-state index contributed by atoms with van der Waals surface area (Å²) in [5.74, 6) is 1.62. The van der Waals surface area contributed by atoms with Gasteiger partial charge in [0.1, 0.15) is 0 Å². The van der Waals surface area contributed by atoms with E-state index < -0.39 is 0 Å². The van der Waals surface area contributed by atoms with Crippen LogP contribution >= 0.6 is 23.4 Å². The maximum absolute atomic E-state index is 6.07. The number of hydrogen-bond donors (Lipinski definition) is 0. The van der Waals surface area contributed by atoms with Gasteiger partial charge in [-0.1, -0.05) is 84.0 Å². The number of hydrogen-bond acceptors (Lipinski definition) is 3. The Morgan fingerprint density at radius 3 is 2.27 bits per heavy atom. The van der Waals surface area contributed by atoms with Crippen LogP contribution in [0.5, 0.6) is 0 Å². The van der Waals surface area contributed by atoms with E-state index in [1.807, 2.05) is 42.5 Å². The Balaban J connectivity index is 1.50. The molecule has 0 aliphatic carbocycles. The van der Waals surface area contributed by atoms with Gasteiger partial charge in [0.25, 0.3) is 0 Å². The summed E-state index contributed by atoms with van der Waals surface area (Å²) >= 11 is 7.76. The number of halogens is 1. The summed E-state index contributed by atoms with van der Waals surface area (Å²) < 4.78 is 2.11. The van der Waals surface area contributed by atoms with Crippen molar-refractivity contribution in [3.8, 4) is 17.1 Å². The van der Waals surface area contributed by atoms with Crippen LogP contribution in [0.4, 0.5) is 0 Å². The van der Waals surface area contributed by atoms with Crippen LogP contribution < -0.4 is 0 Å². The summed E-state index contributed by atoms with van der Waals surface area (Å²) in [7, 11) is 0. The summed E-state index contributed by atoms with van der Waals surface area (Å²) in [4.78, 5) is 0. The number of nitrogens with zero attached hydrogens (tertiary/aromatic N) is 3. The lowest BCUT2D eigenvalue weighted by atomic mass is 10.1. The van der Waals surface area contributed by atoms with E-state index in [9.17, 15) is 0 Å². The van der Waals surface area contributed by atoms with Gasteiger partial charge in [-0.3, -0.25) is 4.57 Å². The van der Waals surface area contributed by atoms with Gasteiger partial charge in [-0.15, -0.1) is 10.2 Å². The lowest BCUT2D eigenvalue weighted by molar-refractivity contribution is 0.886. The van der Waals surface area contributed by atoms with Crippen LogP contribution in [-0.2, 0) is 5.75 Å². The number of aromatic nitrogens is 3. The third kappa shape index (κ3) is 3.84. The number of benzene rings is 4. The van der Waals surface area contributed by atoms with E-state index >= 15 is 0 Å². The number of para-hydroxylation sites is 1. The molecule has 3 nitrogen and oxygen atoms in total. The van der Waals surface area contributed by atoms with Gasteiger partial charge in [0.15, 0.2) is 11.0 Å². The van der Waals surface area contributed by atoms with Crippen molar-refractivity contribution in [2.45, 2.75) is 10.9 Å². The predicted octanol–water partition coefficient (Wildman–Crippen LogP) is 7.03. The molecule has 0 N–H and O–H groups in total. The lowest BCUT2D eigenvalue weighted by Crippen LogP contribution is -1.99. The summed E-state index contributed by atoms with van der Waals surface area (Å²) in [5, 5.41) is 13.1. The molecule has 0 fully saturated rings. The molecule has 0 radical (unpaired) electrons. The van der Waals surface area contributed by atoms with Gasteiger partial charge in [-0.2, -0.15) is 0 Å². The van der Waals surface area contributed by atoms with E-state index in [-0.39, 0.29) is 0 Å². The summed E-state index contributed by atoms with van der Waals surface area (Å²) in [6, 6.07) is 32.9. The van der Waals surface area contributed by atoms with E-state index in [0.717, 1.165) is 28.0 Å². The molecule has 5 heteroatoms. The standard InChI is InChI=1S/C25H18ClN3S/c26-22-14-12-20(13-15-22)24-27-28-25(29(24)23-8-2-1-3-9-23)30-17-18-10-11-19-6-4-5-7-21(19)16-18/h1-16H,17H2. The van der Waals surface area contributed by atoms with Crippen LogP contribution in [0.2, 0.25) is 5.02 Å². The van der Waals surface area contributed by atoms with E-state index in [1.54, 1.807) is 11.8 Å². The topological polar surface area (TPSA) is 30.7 Å². The van der Waals surface area contributed by atoms with Crippen molar-refractivity contribution in [2.75, 3.05) is 0 Å². The number of fused-ring (bicyclic) bond motifs is 1. The Morgan fingerprint density at radius 1 is 0.733 bits per heavy atom. The highest BCUT2D eigenvalue weighted by Gasteiger charge is 2.16. The molecule has 0 bridgehead atoms. The summed E-state index contributed by atoms with van der Waals surface area (Å²) in [5.41, 5.74) is 3.27. The second-order valence-corrected chi connectivity index (χ2v) is 8.33. The fourth-order valence-corrected chi connectivity index (χ4v) is 4.46. The molecule has 0 spiro atoms. The molecule has 0 unspecified atom stereocenters. The first kappa shape index (κ1) is 18.9. The van der Waals surface area contributed by atoms with Crippen molar-refractivity contribution < 1.29 is 0 Å². The molecule has 5 aromatic rings. The van der Waals surface area contributed by atoms with Gasteiger partial charge in [-0.25, -0.2) is 0 Å². The summed E-state index contributed by atoms with van der Waals surface area (Å²) in [6.07, 6.45) is 0. The molecule has 5 rings (SSSR count). The van der Waals surface area contributed by atoms with Gasteiger partial charge >= 0.3 is 0 Å². The quantitative estimate of drug-likeness (QED) is 0.282. The second kappa shape index (κ2) is 8.34.